The Morgan fingerprint density at radius 3 is 2.82 bits per heavy atom. The summed E-state index contributed by atoms with van der Waals surface area (Å²) in [6, 6.07) is 8.97. The predicted octanol–water partition coefficient (Wildman–Crippen LogP) is 0.956. The Bertz CT molecular complexity index is 393. The van der Waals surface area contributed by atoms with Gasteiger partial charge in [0, 0.05) is 25.1 Å². The Balaban J connectivity index is 1.93. The zero-order valence-corrected chi connectivity index (χ0v) is 9.85. The van der Waals surface area contributed by atoms with Crippen LogP contribution in [0.5, 0.6) is 0 Å². The van der Waals surface area contributed by atoms with E-state index in [1.54, 1.807) is 12.1 Å². The normalized spacial score (nSPS) is 28.0. The fourth-order valence-corrected chi connectivity index (χ4v) is 1.93. The van der Waals surface area contributed by atoms with Crippen molar-refractivity contribution in [2.75, 3.05) is 13.2 Å². The monoisotopic (exact) mass is 235 g/mol. The van der Waals surface area contributed by atoms with Crippen molar-refractivity contribution in [3.8, 4) is 0 Å². The van der Waals surface area contributed by atoms with Gasteiger partial charge in [-0.15, -0.1) is 0 Å². The van der Waals surface area contributed by atoms with E-state index in [-0.39, 0.29) is 18.6 Å². The third kappa shape index (κ3) is 2.65. The zero-order valence-electron chi connectivity index (χ0n) is 9.85. The van der Waals surface area contributed by atoms with Gasteiger partial charge in [0.25, 0.3) is 5.91 Å². The van der Waals surface area contributed by atoms with Gasteiger partial charge >= 0.3 is 0 Å². The average molecular weight is 235 g/mol. The van der Waals surface area contributed by atoms with E-state index in [1.165, 1.54) is 0 Å². The summed E-state index contributed by atoms with van der Waals surface area (Å²) < 4.78 is 5.31. The van der Waals surface area contributed by atoms with Gasteiger partial charge in [0.15, 0.2) is 0 Å². The lowest BCUT2D eigenvalue weighted by atomic mass is 9.96. The number of carbonyl (C=O) groups excluding carboxylic acids is 1. The third-order valence-electron chi connectivity index (χ3n) is 3.25. The number of ether oxygens (including phenoxy) is 1. The van der Waals surface area contributed by atoms with Gasteiger partial charge in [0.05, 0.1) is 6.10 Å². The third-order valence-corrected chi connectivity index (χ3v) is 3.25. The largest absolute Gasteiger partial charge is 0.385 e. The highest BCUT2D eigenvalue weighted by atomic mass is 16.5. The van der Waals surface area contributed by atoms with Crippen molar-refractivity contribution >= 4 is 5.91 Å². The Hall–Kier alpha value is -1.39. The second kappa shape index (κ2) is 4.85. The highest BCUT2D eigenvalue weighted by Crippen LogP contribution is 2.24. The van der Waals surface area contributed by atoms with E-state index in [2.05, 4.69) is 5.32 Å². The molecule has 2 rings (SSSR count). The molecule has 1 saturated heterocycles. The van der Waals surface area contributed by atoms with Crippen LogP contribution in [0.25, 0.3) is 0 Å². The molecule has 2 unspecified atom stereocenters. The number of carbonyl (C=O) groups is 1. The van der Waals surface area contributed by atoms with E-state index < -0.39 is 5.60 Å². The molecule has 0 bridgehead atoms. The van der Waals surface area contributed by atoms with Crippen molar-refractivity contribution in [3.05, 3.63) is 35.9 Å². The lowest BCUT2D eigenvalue weighted by Crippen LogP contribution is -2.47. The maximum Gasteiger partial charge on any atom is 0.251 e. The first-order valence-electron chi connectivity index (χ1n) is 5.79. The molecule has 0 aliphatic carbocycles. The first-order valence-corrected chi connectivity index (χ1v) is 5.79. The summed E-state index contributed by atoms with van der Waals surface area (Å²) >= 11 is 0. The van der Waals surface area contributed by atoms with E-state index in [0.29, 0.717) is 18.6 Å². The molecule has 0 spiro atoms. The molecule has 2 atom stereocenters. The van der Waals surface area contributed by atoms with Crippen LogP contribution in [0.2, 0.25) is 0 Å². The molecule has 92 valence electrons. The predicted molar refractivity (Wildman–Crippen MR) is 63.8 cm³/mol. The topological polar surface area (TPSA) is 58.6 Å². The van der Waals surface area contributed by atoms with Gasteiger partial charge < -0.3 is 15.2 Å². The molecule has 2 N–H and O–H groups in total. The molecule has 0 aromatic heterocycles. The highest BCUT2D eigenvalue weighted by molar-refractivity contribution is 5.94. The summed E-state index contributed by atoms with van der Waals surface area (Å²) in [5.74, 6) is -0.168. The molecule has 1 aromatic rings. The first-order chi connectivity index (χ1) is 8.12. The van der Waals surface area contributed by atoms with Gasteiger partial charge in [-0.2, -0.15) is 0 Å². The number of rotatable bonds is 3. The van der Waals surface area contributed by atoms with Crippen LogP contribution in [-0.4, -0.2) is 35.9 Å². The molecule has 4 nitrogen and oxygen atoms in total. The van der Waals surface area contributed by atoms with Gasteiger partial charge in [-0.25, -0.2) is 0 Å². The minimum Gasteiger partial charge on any atom is -0.385 e. The van der Waals surface area contributed by atoms with Crippen LogP contribution in [0.4, 0.5) is 0 Å². The van der Waals surface area contributed by atoms with E-state index in [9.17, 15) is 9.90 Å². The number of hydrogen-bond donors (Lipinski definition) is 2. The van der Waals surface area contributed by atoms with E-state index >= 15 is 0 Å². The summed E-state index contributed by atoms with van der Waals surface area (Å²) in [5, 5.41) is 13.0. The molecule has 1 aliphatic rings. The van der Waals surface area contributed by atoms with E-state index in [0.717, 1.165) is 0 Å². The zero-order chi connectivity index (χ0) is 12.3. The Kier molecular flexibility index (Phi) is 3.45. The van der Waals surface area contributed by atoms with Crippen molar-refractivity contribution in [3.63, 3.8) is 0 Å². The van der Waals surface area contributed by atoms with Crippen LogP contribution in [-0.2, 0) is 4.74 Å². The fourth-order valence-electron chi connectivity index (χ4n) is 1.93. The summed E-state index contributed by atoms with van der Waals surface area (Å²) in [7, 11) is 0. The molecule has 1 heterocycles. The molecule has 1 aliphatic heterocycles. The van der Waals surface area contributed by atoms with E-state index in [1.807, 2.05) is 25.1 Å². The van der Waals surface area contributed by atoms with Crippen molar-refractivity contribution in [2.24, 2.45) is 0 Å². The standard InChI is InChI=1S/C13H17NO3/c1-10-13(16,7-8-17-10)9-14-12(15)11-5-3-2-4-6-11/h2-6,10,16H,7-9H2,1H3,(H,14,15). The van der Waals surface area contributed by atoms with Crippen molar-refractivity contribution in [1.82, 2.24) is 5.32 Å². The second-order valence-electron chi connectivity index (χ2n) is 4.42. The van der Waals surface area contributed by atoms with E-state index in [4.69, 9.17) is 4.74 Å². The van der Waals surface area contributed by atoms with Gasteiger partial charge in [-0.1, -0.05) is 18.2 Å². The lowest BCUT2D eigenvalue weighted by molar-refractivity contribution is -0.0251. The minimum atomic E-state index is -0.940. The van der Waals surface area contributed by atoms with Crippen molar-refractivity contribution in [2.45, 2.75) is 25.0 Å². The quantitative estimate of drug-likeness (QED) is 0.820. The molecule has 0 radical (unpaired) electrons. The molecule has 1 fully saturated rings. The first kappa shape index (κ1) is 12.1. The summed E-state index contributed by atoms with van der Waals surface area (Å²) in [4.78, 5) is 11.8. The van der Waals surface area contributed by atoms with Crippen LogP contribution in [0.1, 0.15) is 23.7 Å². The molecule has 1 aromatic carbocycles. The van der Waals surface area contributed by atoms with Gasteiger partial charge in [0.2, 0.25) is 0 Å². The smallest absolute Gasteiger partial charge is 0.251 e. The van der Waals surface area contributed by atoms with Gasteiger partial charge in [-0.3, -0.25) is 4.79 Å². The maximum absolute atomic E-state index is 11.8. The number of nitrogens with one attached hydrogen (secondary N) is 1. The molecule has 4 heteroatoms. The van der Waals surface area contributed by atoms with Crippen molar-refractivity contribution in [1.29, 1.82) is 0 Å². The van der Waals surface area contributed by atoms with Gasteiger partial charge in [-0.05, 0) is 19.1 Å². The van der Waals surface area contributed by atoms with Crippen LogP contribution in [0.3, 0.4) is 0 Å². The molecule has 0 saturated carbocycles. The van der Waals surface area contributed by atoms with Gasteiger partial charge in [0.1, 0.15) is 5.60 Å². The molecule has 1 amide bonds. The Morgan fingerprint density at radius 1 is 1.53 bits per heavy atom. The van der Waals surface area contributed by atoms with Crippen LogP contribution >= 0.6 is 0 Å². The number of aliphatic hydroxyl groups is 1. The highest BCUT2D eigenvalue weighted by Gasteiger charge is 2.39. The Morgan fingerprint density at radius 2 is 2.24 bits per heavy atom. The summed E-state index contributed by atoms with van der Waals surface area (Å²) in [5.41, 5.74) is -0.340. The lowest BCUT2D eigenvalue weighted by Gasteiger charge is -2.26. The maximum atomic E-state index is 11.8. The number of benzene rings is 1. The number of hydrogen-bond acceptors (Lipinski definition) is 3. The Labute approximate surface area is 101 Å². The number of amides is 1. The van der Waals surface area contributed by atoms with Crippen molar-refractivity contribution < 1.29 is 14.6 Å². The molecule has 17 heavy (non-hydrogen) atoms. The molecular weight excluding hydrogens is 218 g/mol. The van der Waals surface area contributed by atoms with Crippen LogP contribution in [0.15, 0.2) is 30.3 Å². The SMILES string of the molecule is CC1OCCC1(O)CNC(=O)c1ccccc1. The average Bonchev–Trinajstić information content (AvgIpc) is 2.68. The van der Waals surface area contributed by atoms with Crippen LogP contribution < -0.4 is 5.32 Å². The molecular formula is C13H17NO3. The second-order valence-corrected chi connectivity index (χ2v) is 4.42. The summed E-state index contributed by atoms with van der Waals surface area (Å²) in [6.45, 7) is 2.59. The fraction of sp³-hybridized carbons (Fsp3) is 0.462. The van der Waals surface area contributed by atoms with Crippen LogP contribution in [0, 0.1) is 0 Å². The minimum absolute atomic E-state index is 0.168. The summed E-state index contributed by atoms with van der Waals surface area (Å²) in [6.07, 6.45) is 0.321.